The summed E-state index contributed by atoms with van der Waals surface area (Å²) in [5.41, 5.74) is 2.66. The molecule has 0 atom stereocenters. The Balaban J connectivity index is 1.87. The molecule has 23 heavy (non-hydrogen) atoms. The van der Waals surface area contributed by atoms with Gasteiger partial charge in [0, 0.05) is 15.4 Å². The summed E-state index contributed by atoms with van der Waals surface area (Å²) in [7, 11) is 0. The van der Waals surface area contributed by atoms with Crippen molar-refractivity contribution in [3.05, 3.63) is 75.2 Å². The number of halogens is 1. The lowest BCUT2D eigenvalue weighted by atomic mass is 10.2. The first kappa shape index (κ1) is 13.9. The lowest BCUT2D eigenvalue weighted by molar-refractivity contribution is 0.815. The third-order valence-corrected chi connectivity index (χ3v) is 4.08. The zero-order valence-electron chi connectivity index (χ0n) is 11.9. The van der Waals surface area contributed by atoms with Crippen LogP contribution in [0, 0.1) is 0 Å². The minimum atomic E-state index is -0.227. The third kappa shape index (κ3) is 2.47. The summed E-state index contributed by atoms with van der Waals surface area (Å²) in [6.45, 7) is 0. The number of nitrogens with one attached hydrogen (secondary N) is 1. The molecule has 2 heterocycles. The standard InChI is InChI=1S/C17H11BrN4O/c18-12-6-7-14-13(8-12)15-16(21-14)17(23)22(10-19-15)20-9-11-4-2-1-3-5-11/h1-10,21H/b20-9+. The summed E-state index contributed by atoms with van der Waals surface area (Å²) in [6, 6.07) is 15.4. The van der Waals surface area contributed by atoms with E-state index in [9.17, 15) is 4.79 Å². The van der Waals surface area contributed by atoms with E-state index in [1.807, 2.05) is 48.5 Å². The van der Waals surface area contributed by atoms with E-state index >= 15 is 0 Å². The zero-order chi connectivity index (χ0) is 15.8. The SMILES string of the molecule is O=c1c2[nH]c3ccc(Br)cc3c2ncn1/N=C/c1ccccc1. The van der Waals surface area contributed by atoms with Crippen LogP contribution in [0.25, 0.3) is 21.9 Å². The van der Waals surface area contributed by atoms with E-state index in [1.54, 1.807) is 6.21 Å². The highest BCUT2D eigenvalue weighted by molar-refractivity contribution is 9.10. The first-order chi connectivity index (χ1) is 11.2. The summed E-state index contributed by atoms with van der Waals surface area (Å²) in [6.07, 6.45) is 3.08. The summed E-state index contributed by atoms with van der Waals surface area (Å²) in [5.74, 6) is 0. The van der Waals surface area contributed by atoms with Gasteiger partial charge in [-0.3, -0.25) is 4.79 Å². The van der Waals surface area contributed by atoms with Gasteiger partial charge in [0.05, 0.1) is 6.21 Å². The van der Waals surface area contributed by atoms with Crippen molar-refractivity contribution in [1.29, 1.82) is 0 Å². The van der Waals surface area contributed by atoms with E-state index in [0.29, 0.717) is 11.0 Å². The van der Waals surface area contributed by atoms with Gasteiger partial charge < -0.3 is 4.98 Å². The predicted molar refractivity (Wildman–Crippen MR) is 95.0 cm³/mol. The molecular weight excluding hydrogens is 356 g/mol. The molecule has 0 amide bonds. The molecule has 6 heteroatoms. The number of nitrogens with zero attached hydrogens (tertiary/aromatic N) is 3. The van der Waals surface area contributed by atoms with Gasteiger partial charge in [-0.15, -0.1) is 0 Å². The quantitative estimate of drug-likeness (QED) is 0.551. The normalized spacial score (nSPS) is 11.7. The van der Waals surface area contributed by atoms with Crippen LogP contribution in [-0.4, -0.2) is 20.9 Å². The van der Waals surface area contributed by atoms with Crippen LogP contribution < -0.4 is 5.56 Å². The van der Waals surface area contributed by atoms with Gasteiger partial charge in [0.1, 0.15) is 17.4 Å². The van der Waals surface area contributed by atoms with Gasteiger partial charge in [0.15, 0.2) is 0 Å². The molecule has 0 saturated heterocycles. The van der Waals surface area contributed by atoms with Gasteiger partial charge in [-0.25, -0.2) is 4.98 Å². The largest absolute Gasteiger partial charge is 0.349 e. The van der Waals surface area contributed by atoms with Crippen molar-refractivity contribution in [2.45, 2.75) is 0 Å². The molecule has 4 rings (SSSR count). The minimum Gasteiger partial charge on any atom is -0.349 e. The molecule has 0 spiro atoms. The molecule has 0 bridgehead atoms. The van der Waals surface area contributed by atoms with Crippen molar-refractivity contribution in [2.75, 3.05) is 0 Å². The Morgan fingerprint density at radius 3 is 2.83 bits per heavy atom. The number of fused-ring (bicyclic) bond motifs is 3. The Morgan fingerprint density at radius 1 is 1.17 bits per heavy atom. The second-order valence-electron chi connectivity index (χ2n) is 5.09. The Bertz CT molecular complexity index is 1100. The third-order valence-electron chi connectivity index (χ3n) is 3.58. The number of aromatic amines is 1. The van der Waals surface area contributed by atoms with Crippen LogP contribution in [0.3, 0.4) is 0 Å². The summed E-state index contributed by atoms with van der Waals surface area (Å²) >= 11 is 3.44. The highest BCUT2D eigenvalue weighted by Crippen LogP contribution is 2.24. The molecule has 0 aliphatic heterocycles. The first-order valence-electron chi connectivity index (χ1n) is 7.00. The fourth-order valence-electron chi connectivity index (χ4n) is 2.47. The fraction of sp³-hybridized carbons (Fsp3) is 0. The van der Waals surface area contributed by atoms with E-state index in [1.165, 1.54) is 11.0 Å². The Hall–Kier alpha value is -2.73. The molecule has 0 unspecified atom stereocenters. The Labute approximate surface area is 139 Å². The van der Waals surface area contributed by atoms with Gasteiger partial charge in [0.2, 0.25) is 0 Å². The maximum Gasteiger partial charge on any atom is 0.298 e. The van der Waals surface area contributed by atoms with Crippen molar-refractivity contribution in [3.8, 4) is 0 Å². The number of aromatic nitrogens is 3. The highest BCUT2D eigenvalue weighted by atomic mass is 79.9. The Morgan fingerprint density at radius 2 is 2.00 bits per heavy atom. The van der Waals surface area contributed by atoms with Gasteiger partial charge >= 0.3 is 0 Å². The van der Waals surface area contributed by atoms with Gasteiger partial charge in [-0.05, 0) is 23.8 Å². The molecule has 4 aromatic rings. The van der Waals surface area contributed by atoms with Crippen LogP contribution in [0.1, 0.15) is 5.56 Å². The smallest absolute Gasteiger partial charge is 0.298 e. The maximum atomic E-state index is 12.6. The zero-order valence-corrected chi connectivity index (χ0v) is 13.5. The van der Waals surface area contributed by atoms with E-state index < -0.39 is 0 Å². The van der Waals surface area contributed by atoms with E-state index in [-0.39, 0.29) is 5.56 Å². The fourth-order valence-corrected chi connectivity index (χ4v) is 2.83. The number of hydrogen-bond acceptors (Lipinski definition) is 3. The molecule has 5 nitrogen and oxygen atoms in total. The summed E-state index contributed by atoms with van der Waals surface area (Å²) in [4.78, 5) is 20.1. The molecule has 112 valence electrons. The number of rotatable bonds is 2. The van der Waals surface area contributed by atoms with Crippen LogP contribution >= 0.6 is 15.9 Å². The molecule has 0 aliphatic carbocycles. The van der Waals surface area contributed by atoms with Crippen molar-refractivity contribution < 1.29 is 0 Å². The molecular formula is C17H11BrN4O. The van der Waals surface area contributed by atoms with E-state index in [4.69, 9.17) is 0 Å². The van der Waals surface area contributed by atoms with Crippen LogP contribution in [0.5, 0.6) is 0 Å². The van der Waals surface area contributed by atoms with Gasteiger partial charge in [-0.1, -0.05) is 46.3 Å². The second-order valence-corrected chi connectivity index (χ2v) is 6.00. The predicted octanol–water partition coefficient (Wildman–Crippen LogP) is 3.52. The van der Waals surface area contributed by atoms with Gasteiger partial charge in [0.25, 0.3) is 5.56 Å². The summed E-state index contributed by atoms with van der Waals surface area (Å²) in [5, 5.41) is 5.11. The van der Waals surface area contributed by atoms with Gasteiger partial charge in [-0.2, -0.15) is 9.78 Å². The van der Waals surface area contributed by atoms with Crippen molar-refractivity contribution in [3.63, 3.8) is 0 Å². The van der Waals surface area contributed by atoms with Crippen LogP contribution in [0.15, 0.2) is 69.2 Å². The second kappa shape index (κ2) is 5.48. The number of hydrogen-bond donors (Lipinski definition) is 1. The van der Waals surface area contributed by atoms with Crippen LogP contribution in [0.4, 0.5) is 0 Å². The van der Waals surface area contributed by atoms with Crippen LogP contribution in [0.2, 0.25) is 0 Å². The average Bonchev–Trinajstić information content (AvgIpc) is 2.94. The van der Waals surface area contributed by atoms with E-state index in [0.717, 1.165) is 20.9 Å². The lowest BCUT2D eigenvalue weighted by Gasteiger charge is -1.97. The molecule has 0 radical (unpaired) electrons. The molecule has 2 aromatic carbocycles. The molecule has 0 fully saturated rings. The summed E-state index contributed by atoms with van der Waals surface area (Å²) < 4.78 is 2.18. The lowest BCUT2D eigenvalue weighted by Crippen LogP contribution is -2.17. The number of benzene rings is 2. The first-order valence-corrected chi connectivity index (χ1v) is 7.80. The minimum absolute atomic E-state index is 0.227. The van der Waals surface area contributed by atoms with Crippen LogP contribution in [-0.2, 0) is 0 Å². The molecule has 0 saturated carbocycles. The average molecular weight is 367 g/mol. The van der Waals surface area contributed by atoms with Crippen molar-refractivity contribution in [2.24, 2.45) is 5.10 Å². The van der Waals surface area contributed by atoms with Crippen molar-refractivity contribution >= 4 is 44.1 Å². The molecule has 2 aromatic heterocycles. The van der Waals surface area contributed by atoms with E-state index in [2.05, 4.69) is 31.0 Å². The topological polar surface area (TPSA) is 63.0 Å². The highest BCUT2D eigenvalue weighted by Gasteiger charge is 2.10. The molecule has 0 aliphatic rings. The Kier molecular flexibility index (Phi) is 3.31. The maximum absolute atomic E-state index is 12.6. The molecule has 1 N–H and O–H groups in total. The monoisotopic (exact) mass is 366 g/mol. The van der Waals surface area contributed by atoms with Crippen molar-refractivity contribution in [1.82, 2.24) is 14.6 Å². The number of H-pyrrole nitrogens is 1.